The number of esters is 1. The van der Waals surface area contributed by atoms with Crippen LogP contribution < -0.4 is 0 Å². The Balaban J connectivity index is 2.29. The quantitative estimate of drug-likeness (QED) is 0.0276. The van der Waals surface area contributed by atoms with Gasteiger partial charge in [0.05, 0.1) is 19.8 Å². The first-order chi connectivity index (χ1) is 26.9. The van der Waals surface area contributed by atoms with E-state index in [0.717, 1.165) is 77.0 Å². The van der Waals surface area contributed by atoms with Gasteiger partial charge in [0.15, 0.2) is 6.29 Å². The third-order valence-electron chi connectivity index (χ3n) is 9.98. The molecule has 0 saturated carbocycles. The fourth-order valence-electron chi connectivity index (χ4n) is 6.50. The Morgan fingerprint density at radius 2 is 1.11 bits per heavy atom. The summed E-state index contributed by atoms with van der Waals surface area (Å²) in [6.45, 7) is 4.40. The molecule has 320 valence electrons. The molecule has 0 spiro atoms. The molecule has 1 aliphatic heterocycles. The highest BCUT2D eigenvalue weighted by Crippen LogP contribution is 2.22. The second kappa shape index (κ2) is 37.7. The van der Waals surface area contributed by atoms with Crippen molar-refractivity contribution in [3.63, 3.8) is 0 Å². The van der Waals surface area contributed by atoms with Crippen LogP contribution in [-0.4, -0.2) is 89.6 Å². The maximum atomic E-state index is 12.8. The van der Waals surface area contributed by atoms with Gasteiger partial charge in [-0.05, 0) is 70.6 Å². The monoisotopic (exact) mass is 779 g/mol. The van der Waals surface area contributed by atoms with Crippen molar-refractivity contribution in [2.45, 2.75) is 211 Å². The topological polar surface area (TPSA) is 135 Å². The number of allylic oxidation sites excluding steroid dienone is 8. The molecule has 0 radical (unpaired) electrons. The third kappa shape index (κ3) is 29.1. The minimum absolute atomic E-state index is 0.123. The first kappa shape index (κ1) is 51.2. The number of hydrogen-bond acceptors (Lipinski definition) is 9. The van der Waals surface area contributed by atoms with Gasteiger partial charge in [-0.15, -0.1) is 0 Å². The Bertz CT molecular complexity index is 978. The van der Waals surface area contributed by atoms with Gasteiger partial charge in [0.2, 0.25) is 0 Å². The number of aliphatic hydroxyl groups is 4. The number of carbonyl (C=O) groups excluding carboxylic acids is 1. The van der Waals surface area contributed by atoms with E-state index in [2.05, 4.69) is 62.5 Å². The minimum atomic E-state index is -1.54. The SMILES string of the molecule is CC/C=C\C/C=C\C/C=C\CCCCCCCCOCC(COC1OC(CO)C(O)C(O)C1O)OC(=O)CCCCCCC/C=C\CCCCCCCCC. The highest BCUT2D eigenvalue weighted by molar-refractivity contribution is 5.69. The van der Waals surface area contributed by atoms with Gasteiger partial charge in [-0.1, -0.05) is 146 Å². The van der Waals surface area contributed by atoms with E-state index in [1.54, 1.807) is 0 Å². The van der Waals surface area contributed by atoms with Crippen LogP contribution in [0.2, 0.25) is 0 Å². The predicted molar refractivity (Wildman–Crippen MR) is 224 cm³/mol. The van der Waals surface area contributed by atoms with Crippen LogP contribution in [0, 0.1) is 0 Å². The Kier molecular flexibility index (Phi) is 35.1. The van der Waals surface area contributed by atoms with E-state index in [0.29, 0.717) is 13.0 Å². The van der Waals surface area contributed by atoms with Crippen LogP contribution in [0.5, 0.6) is 0 Å². The van der Waals surface area contributed by atoms with Gasteiger partial charge in [-0.25, -0.2) is 0 Å². The summed E-state index contributed by atoms with van der Waals surface area (Å²) in [6, 6.07) is 0. The van der Waals surface area contributed by atoms with Gasteiger partial charge in [-0.3, -0.25) is 4.79 Å². The van der Waals surface area contributed by atoms with Gasteiger partial charge in [0.1, 0.15) is 30.5 Å². The molecule has 0 bridgehead atoms. The summed E-state index contributed by atoms with van der Waals surface area (Å²) in [5.41, 5.74) is 0. The Hall–Kier alpha value is -1.85. The number of unbranched alkanes of at least 4 members (excludes halogenated alkanes) is 18. The van der Waals surface area contributed by atoms with Crippen molar-refractivity contribution < 1.29 is 44.2 Å². The van der Waals surface area contributed by atoms with Gasteiger partial charge in [-0.2, -0.15) is 0 Å². The van der Waals surface area contributed by atoms with Crippen LogP contribution in [-0.2, 0) is 23.7 Å². The van der Waals surface area contributed by atoms with E-state index in [4.69, 9.17) is 18.9 Å². The van der Waals surface area contributed by atoms with Crippen molar-refractivity contribution >= 4 is 5.97 Å². The molecule has 0 amide bonds. The highest BCUT2D eigenvalue weighted by atomic mass is 16.7. The molecule has 6 atom stereocenters. The van der Waals surface area contributed by atoms with E-state index < -0.39 is 43.4 Å². The van der Waals surface area contributed by atoms with Crippen molar-refractivity contribution in [3.05, 3.63) is 48.6 Å². The van der Waals surface area contributed by atoms with Crippen LogP contribution in [0.1, 0.15) is 174 Å². The van der Waals surface area contributed by atoms with Crippen LogP contribution in [0.4, 0.5) is 0 Å². The number of aliphatic hydroxyl groups excluding tert-OH is 4. The summed E-state index contributed by atoms with van der Waals surface area (Å²) in [6.07, 6.45) is 38.5. The molecule has 0 aromatic heterocycles. The predicted octanol–water partition coefficient (Wildman–Crippen LogP) is 9.75. The number of ether oxygens (including phenoxy) is 4. The number of rotatable bonds is 37. The largest absolute Gasteiger partial charge is 0.457 e. The molecule has 9 nitrogen and oxygen atoms in total. The molecule has 9 heteroatoms. The fourth-order valence-corrected chi connectivity index (χ4v) is 6.50. The normalized spacial score (nSPS) is 21.2. The molecule has 1 rings (SSSR count). The van der Waals surface area contributed by atoms with E-state index >= 15 is 0 Å². The summed E-state index contributed by atoms with van der Waals surface area (Å²) in [5, 5.41) is 40.1. The van der Waals surface area contributed by atoms with Crippen molar-refractivity contribution in [2.24, 2.45) is 0 Å². The van der Waals surface area contributed by atoms with Crippen molar-refractivity contribution in [2.75, 3.05) is 26.4 Å². The van der Waals surface area contributed by atoms with Crippen LogP contribution in [0.15, 0.2) is 48.6 Å². The van der Waals surface area contributed by atoms with Crippen molar-refractivity contribution in [3.8, 4) is 0 Å². The highest BCUT2D eigenvalue weighted by Gasteiger charge is 2.44. The lowest BCUT2D eigenvalue weighted by Crippen LogP contribution is -2.59. The zero-order chi connectivity index (χ0) is 40.0. The molecule has 1 aliphatic rings. The lowest BCUT2D eigenvalue weighted by molar-refractivity contribution is -0.305. The zero-order valence-electron chi connectivity index (χ0n) is 34.9. The first-order valence-corrected chi connectivity index (χ1v) is 22.2. The Labute approximate surface area is 335 Å². The van der Waals surface area contributed by atoms with E-state index in [-0.39, 0.29) is 19.2 Å². The molecule has 55 heavy (non-hydrogen) atoms. The summed E-state index contributed by atoms with van der Waals surface area (Å²) >= 11 is 0. The maximum Gasteiger partial charge on any atom is 0.306 e. The molecule has 1 saturated heterocycles. The molecule has 0 aromatic rings. The average Bonchev–Trinajstić information content (AvgIpc) is 3.18. The molecular weight excluding hydrogens is 696 g/mol. The Morgan fingerprint density at radius 1 is 0.600 bits per heavy atom. The first-order valence-electron chi connectivity index (χ1n) is 22.2. The van der Waals surface area contributed by atoms with E-state index in [1.807, 2.05) is 0 Å². The lowest BCUT2D eigenvalue weighted by Gasteiger charge is -2.39. The summed E-state index contributed by atoms with van der Waals surface area (Å²) in [4.78, 5) is 12.8. The second-order valence-electron chi connectivity index (χ2n) is 15.1. The third-order valence-corrected chi connectivity index (χ3v) is 9.98. The molecule has 0 aliphatic carbocycles. The lowest BCUT2D eigenvalue weighted by atomic mass is 9.99. The van der Waals surface area contributed by atoms with Crippen molar-refractivity contribution in [1.82, 2.24) is 0 Å². The van der Waals surface area contributed by atoms with Gasteiger partial charge >= 0.3 is 5.97 Å². The molecule has 6 unspecified atom stereocenters. The summed E-state index contributed by atoms with van der Waals surface area (Å²) in [7, 11) is 0. The van der Waals surface area contributed by atoms with Crippen molar-refractivity contribution in [1.29, 1.82) is 0 Å². The molecule has 1 heterocycles. The van der Waals surface area contributed by atoms with Crippen LogP contribution >= 0.6 is 0 Å². The van der Waals surface area contributed by atoms with Gasteiger partial charge in [0.25, 0.3) is 0 Å². The second-order valence-corrected chi connectivity index (χ2v) is 15.1. The summed E-state index contributed by atoms with van der Waals surface area (Å²) in [5.74, 6) is -0.328. The number of hydrogen-bond donors (Lipinski definition) is 4. The molecule has 4 N–H and O–H groups in total. The molecule has 1 fully saturated rings. The smallest absolute Gasteiger partial charge is 0.306 e. The standard InChI is InChI=1S/C46H82O9/c1-3-5-7-9-11-13-15-17-19-21-23-25-27-29-31-33-35-42(48)54-40(39-53-46-45(51)44(50)43(49)41(37-47)55-46)38-52-36-34-32-30-28-26-24-22-20-18-16-14-12-10-8-6-4-2/h6,8,12,14,18-21,40-41,43-47,49-51H,3-5,7,9-11,13,15-17,22-39H2,1-2H3/b8-6-,14-12-,20-18-,21-19-. The average molecular weight is 779 g/mol. The fraction of sp³-hybridized carbons (Fsp3) is 0.804. The van der Waals surface area contributed by atoms with E-state index in [1.165, 1.54) is 77.0 Å². The van der Waals surface area contributed by atoms with Crippen LogP contribution in [0.25, 0.3) is 0 Å². The van der Waals surface area contributed by atoms with Gasteiger partial charge in [0, 0.05) is 13.0 Å². The molecular formula is C46H82O9. The summed E-state index contributed by atoms with van der Waals surface area (Å²) < 4.78 is 22.8. The molecule has 0 aromatic carbocycles. The van der Waals surface area contributed by atoms with E-state index in [9.17, 15) is 25.2 Å². The van der Waals surface area contributed by atoms with Gasteiger partial charge < -0.3 is 39.4 Å². The number of carbonyl (C=O) groups is 1. The maximum absolute atomic E-state index is 12.8. The zero-order valence-corrected chi connectivity index (χ0v) is 34.9. The Morgan fingerprint density at radius 3 is 1.69 bits per heavy atom. The minimum Gasteiger partial charge on any atom is -0.457 e. The van der Waals surface area contributed by atoms with Crippen LogP contribution in [0.3, 0.4) is 0 Å².